The van der Waals surface area contributed by atoms with Gasteiger partial charge < -0.3 is 19.9 Å². The molecule has 0 bridgehead atoms. The Balaban J connectivity index is 2.26. The van der Waals surface area contributed by atoms with Crippen molar-refractivity contribution in [3.05, 3.63) is 46.5 Å². The number of hydrogen-bond acceptors (Lipinski definition) is 4. The quantitative estimate of drug-likeness (QED) is 0.894. The molecule has 1 aromatic carbocycles. The molecule has 1 aliphatic rings. The Morgan fingerprint density at radius 2 is 2.04 bits per heavy atom. The lowest BCUT2D eigenvalue weighted by Crippen LogP contribution is -2.43. The molecular formula is C16H16FN3O3. The molecule has 2 aromatic rings. The highest BCUT2D eigenvalue weighted by molar-refractivity contribution is 5.94. The van der Waals surface area contributed by atoms with Crippen LogP contribution in [0.15, 0.2) is 29.7 Å². The lowest BCUT2D eigenvalue weighted by molar-refractivity contribution is 0.0695. The Labute approximate surface area is 131 Å². The van der Waals surface area contributed by atoms with Crippen LogP contribution >= 0.6 is 0 Å². The third-order valence-electron chi connectivity index (χ3n) is 3.99. The van der Waals surface area contributed by atoms with E-state index in [1.807, 2.05) is 4.90 Å². The Morgan fingerprint density at radius 3 is 2.65 bits per heavy atom. The number of rotatable bonds is 3. The molecule has 0 radical (unpaired) electrons. The topological polar surface area (TPSA) is 74.6 Å². The Hall–Kier alpha value is -2.67. The maximum absolute atomic E-state index is 14.5. The number of anilines is 1. The fourth-order valence-corrected chi connectivity index (χ4v) is 2.81. The minimum absolute atomic E-state index is 0.0289. The molecule has 1 fully saturated rings. The summed E-state index contributed by atoms with van der Waals surface area (Å²) in [5.74, 6) is -1.88. The first kappa shape index (κ1) is 15.2. The number of benzene rings is 1. The van der Waals surface area contributed by atoms with Crippen LogP contribution in [-0.2, 0) is 0 Å². The van der Waals surface area contributed by atoms with Gasteiger partial charge in [0.25, 0.3) is 0 Å². The molecular weight excluding hydrogens is 301 g/mol. The second kappa shape index (κ2) is 5.85. The fraction of sp³-hybridized carbons (Fsp3) is 0.250. The van der Waals surface area contributed by atoms with Gasteiger partial charge in [-0.3, -0.25) is 4.79 Å². The molecule has 1 aromatic heterocycles. The third-order valence-corrected chi connectivity index (χ3v) is 3.99. The van der Waals surface area contributed by atoms with Crippen molar-refractivity contribution in [3.8, 4) is 0 Å². The summed E-state index contributed by atoms with van der Waals surface area (Å²) in [4.78, 5) is 25.3. The molecule has 6 nitrogen and oxygen atoms in total. The average molecular weight is 317 g/mol. The number of pyridine rings is 1. The summed E-state index contributed by atoms with van der Waals surface area (Å²) in [6, 6.07) is 2.69. The first-order valence-corrected chi connectivity index (χ1v) is 7.23. The number of carboxylic acids is 1. The van der Waals surface area contributed by atoms with Crippen LogP contribution in [-0.4, -0.2) is 41.8 Å². The van der Waals surface area contributed by atoms with Crippen molar-refractivity contribution in [1.29, 1.82) is 0 Å². The summed E-state index contributed by atoms with van der Waals surface area (Å²) in [6.45, 7) is 6.46. The van der Waals surface area contributed by atoms with E-state index in [0.29, 0.717) is 24.3 Å². The minimum atomic E-state index is -1.35. The average Bonchev–Trinajstić information content (AvgIpc) is 2.55. The Bertz CT molecular complexity index is 854. The number of hydrogen-bond donors (Lipinski definition) is 2. The zero-order valence-electron chi connectivity index (χ0n) is 12.4. The van der Waals surface area contributed by atoms with E-state index in [2.05, 4.69) is 11.9 Å². The standard InChI is InChI=1S/C16H16FN3O3/c1-2-19-9-11(16(22)23)15(21)10-7-12(17)14(8-13(10)19)20-5-3-18-4-6-20/h2,7-9,18H,1,3-6H2,(H,22,23). The summed E-state index contributed by atoms with van der Waals surface area (Å²) in [5, 5.41) is 12.3. The maximum Gasteiger partial charge on any atom is 0.341 e. The minimum Gasteiger partial charge on any atom is -0.477 e. The SMILES string of the molecule is C=Cn1cc(C(=O)O)c(=O)c2cc(F)c(N3CCNCC3)cc21. The van der Waals surface area contributed by atoms with E-state index in [-0.39, 0.29) is 5.39 Å². The summed E-state index contributed by atoms with van der Waals surface area (Å²) in [7, 11) is 0. The molecule has 0 unspecified atom stereocenters. The van der Waals surface area contributed by atoms with E-state index in [1.54, 1.807) is 6.07 Å². The number of fused-ring (bicyclic) bond motifs is 1. The van der Waals surface area contributed by atoms with Crippen LogP contribution < -0.4 is 15.6 Å². The van der Waals surface area contributed by atoms with E-state index in [4.69, 9.17) is 5.11 Å². The van der Waals surface area contributed by atoms with Crippen molar-refractivity contribution >= 4 is 28.8 Å². The molecule has 3 rings (SSSR count). The summed E-state index contributed by atoms with van der Waals surface area (Å²) < 4.78 is 15.9. The molecule has 0 atom stereocenters. The van der Waals surface area contributed by atoms with Crippen molar-refractivity contribution in [3.63, 3.8) is 0 Å². The predicted molar refractivity (Wildman–Crippen MR) is 86.6 cm³/mol. The molecule has 0 amide bonds. The van der Waals surface area contributed by atoms with Gasteiger partial charge >= 0.3 is 5.97 Å². The van der Waals surface area contributed by atoms with Crippen LogP contribution in [0.25, 0.3) is 17.1 Å². The number of nitrogens with zero attached hydrogens (tertiary/aromatic N) is 2. The summed E-state index contributed by atoms with van der Waals surface area (Å²) in [6.07, 6.45) is 2.60. The van der Waals surface area contributed by atoms with Crippen molar-refractivity contribution in [1.82, 2.24) is 9.88 Å². The van der Waals surface area contributed by atoms with Crippen LogP contribution in [0.5, 0.6) is 0 Å². The third kappa shape index (κ3) is 2.59. The second-order valence-electron chi connectivity index (χ2n) is 5.32. The normalized spacial score (nSPS) is 14.9. The molecule has 0 saturated carbocycles. The molecule has 1 saturated heterocycles. The highest BCUT2D eigenvalue weighted by atomic mass is 19.1. The van der Waals surface area contributed by atoms with E-state index < -0.39 is 22.8 Å². The van der Waals surface area contributed by atoms with Gasteiger partial charge in [-0.25, -0.2) is 9.18 Å². The molecule has 2 N–H and O–H groups in total. The smallest absolute Gasteiger partial charge is 0.341 e. The van der Waals surface area contributed by atoms with E-state index in [9.17, 15) is 14.0 Å². The van der Waals surface area contributed by atoms with Crippen LogP contribution in [0.2, 0.25) is 0 Å². The van der Waals surface area contributed by atoms with Crippen LogP contribution in [0.3, 0.4) is 0 Å². The van der Waals surface area contributed by atoms with Crippen molar-refractivity contribution in [2.75, 3.05) is 31.1 Å². The number of aromatic nitrogens is 1. The van der Waals surface area contributed by atoms with E-state index in [0.717, 1.165) is 19.2 Å². The van der Waals surface area contributed by atoms with Gasteiger partial charge in [0.1, 0.15) is 11.4 Å². The number of carboxylic acid groups (broad SMARTS) is 1. The maximum atomic E-state index is 14.5. The lowest BCUT2D eigenvalue weighted by atomic mass is 10.1. The first-order valence-electron chi connectivity index (χ1n) is 7.23. The van der Waals surface area contributed by atoms with Gasteiger partial charge in [-0.2, -0.15) is 0 Å². The Morgan fingerprint density at radius 1 is 1.35 bits per heavy atom. The molecule has 7 heteroatoms. The molecule has 23 heavy (non-hydrogen) atoms. The van der Waals surface area contributed by atoms with Gasteiger partial charge in [-0.05, 0) is 12.1 Å². The lowest BCUT2D eigenvalue weighted by Gasteiger charge is -2.30. The van der Waals surface area contributed by atoms with Gasteiger partial charge in [0.2, 0.25) is 5.43 Å². The van der Waals surface area contributed by atoms with Crippen molar-refractivity contribution < 1.29 is 14.3 Å². The first-order chi connectivity index (χ1) is 11.0. The van der Waals surface area contributed by atoms with E-state index >= 15 is 0 Å². The molecule has 120 valence electrons. The van der Waals surface area contributed by atoms with Gasteiger partial charge in [0.15, 0.2) is 0 Å². The highest BCUT2D eigenvalue weighted by Crippen LogP contribution is 2.25. The zero-order chi connectivity index (χ0) is 16.6. The molecule has 0 spiro atoms. The molecule has 2 heterocycles. The van der Waals surface area contributed by atoms with Gasteiger partial charge in [0.05, 0.1) is 11.2 Å². The van der Waals surface area contributed by atoms with E-state index in [1.165, 1.54) is 17.0 Å². The number of carbonyl (C=O) groups is 1. The van der Waals surface area contributed by atoms with Gasteiger partial charge in [0, 0.05) is 44.0 Å². The number of piperazine rings is 1. The van der Waals surface area contributed by atoms with Gasteiger partial charge in [-0.1, -0.05) is 6.58 Å². The van der Waals surface area contributed by atoms with Crippen LogP contribution in [0.4, 0.5) is 10.1 Å². The van der Waals surface area contributed by atoms with Crippen LogP contribution in [0, 0.1) is 5.82 Å². The molecule has 0 aliphatic carbocycles. The Kier molecular flexibility index (Phi) is 3.87. The van der Waals surface area contributed by atoms with Crippen LogP contribution in [0.1, 0.15) is 10.4 Å². The largest absolute Gasteiger partial charge is 0.477 e. The molecule has 1 aliphatic heterocycles. The number of nitrogens with one attached hydrogen (secondary N) is 1. The number of aromatic carboxylic acids is 1. The zero-order valence-corrected chi connectivity index (χ0v) is 12.4. The summed E-state index contributed by atoms with van der Waals surface area (Å²) >= 11 is 0. The van der Waals surface area contributed by atoms with Crippen molar-refractivity contribution in [2.24, 2.45) is 0 Å². The van der Waals surface area contributed by atoms with Gasteiger partial charge in [-0.15, -0.1) is 0 Å². The predicted octanol–water partition coefficient (Wildman–Crippen LogP) is 1.35. The second-order valence-corrected chi connectivity index (χ2v) is 5.32. The fourth-order valence-electron chi connectivity index (χ4n) is 2.81. The van der Waals surface area contributed by atoms with Crippen molar-refractivity contribution in [2.45, 2.75) is 0 Å². The summed E-state index contributed by atoms with van der Waals surface area (Å²) in [5.41, 5.74) is -0.273. The monoisotopic (exact) mass is 317 g/mol. The number of halogens is 1. The highest BCUT2D eigenvalue weighted by Gasteiger charge is 2.19.